The SMILES string of the molecule is CN(C)CCCOc1cc(Cl)nnc1Cl. The van der Waals surface area contributed by atoms with Gasteiger partial charge in [0.25, 0.3) is 0 Å². The first-order valence-electron chi connectivity index (χ1n) is 4.56. The maximum Gasteiger partial charge on any atom is 0.193 e. The summed E-state index contributed by atoms with van der Waals surface area (Å²) in [6.07, 6.45) is 0.920. The molecule has 1 rings (SSSR count). The molecule has 0 unspecified atom stereocenters. The summed E-state index contributed by atoms with van der Waals surface area (Å²) in [5.74, 6) is 0.482. The predicted octanol–water partition coefficient (Wildman–Crippen LogP) is 2.11. The van der Waals surface area contributed by atoms with E-state index in [4.69, 9.17) is 27.9 Å². The van der Waals surface area contributed by atoms with Crippen LogP contribution in [0, 0.1) is 0 Å². The van der Waals surface area contributed by atoms with Gasteiger partial charge in [-0.2, -0.15) is 0 Å². The summed E-state index contributed by atoms with van der Waals surface area (Å²) < 4.78 is 5.42. The molecule has 0 amide bonds. The van der Waals surface area contributed by atoms with Crippen molar-refractivity contribution in [3.8, 4) is 5.75 Å². The maximum absolute atomic E-state index is 5.77. The molecule has 0 aliphatic rings. The van der Waals surface area contributed by atoms with Crippen LogP contribution >= 0.6 is 23.2 Å². The van der Waals surface area contributed by atoms with Crippen LogP contribution in [-0.2, 0) is 0 Å². The lowest BCUT2D eigenvalue weighted by Crippen LogP contribution is -2.15. The van der Waals surface area contributed by atoms with Crippen LogP contribution in [0.3, 0.4) is 0 Å². The second-order valence-electron chi connectivity index (χ2n) is 3.33. The average molecular weight is 250 g/mol. The van der Waals surface area contributed by atoms with Gasteiger partial charge in [-0.25, -0.2) is 0 Å². The van der Waals surface area contributed by atoms with E-state index in [1.165, 1.54) is 0 Å². The minimum atomic E-state index is 0.240. The fourth-order valence-electron chi connectivity index (χ4n) is 1.00. The Bertz CT molecular complexity index is 320. The molecular formula is C9H13Cl2N3O. The molecule has 4 nitrogen and oxygen atoms in total. The first kappa shape index (κ1) is 12.5. The Hall–Kier alpha value is -0.580. The predicted molar refractivity (Wildman–Crippen MR) is 60.7 cm³/mol. The molecule has 0 spiro atoms. The van der Waals surface area contributed by atoms with Gasteiger partial charge in [0.2, 0.25) is 0 Å². The molecule has 0 saturated carbocycles. The lowest BCUT2D eigenvalue weighted by molar-refractivity contribution is 0.280. The summed E-state index contributed by atoms with van der Waals surface area (Å²) in [6, 6.07) is 1.56. The van der Waals surface area contributed by atoms with Gasteiger partial charge in [0.15, 0.2) is 16.1 Å². The van der Waals surface area contributed by atoms with Crippen molar-refractivity contribution in [2.75, 3.05) is 27.2 Å². The number of hydrogen-bond donors (Lipinski definition) is 0. The minimum Gasteiger partial charge on any atom is -0.490 e. The van der Waals surface area contributed by atoms with E-state index < -0.39 is 0 Å². The molecule has 84 valence electrons. The second-order valence-corrected chi connectivity index (χ2v) is 4.07. The van der Waals surface area contributed by atoms with Gasteiger partial charge in [-0.3, -0.25) is 0 Å². The number of ether oxygens (including phenoxy) is 1. The summed E-state index contributed by atoms with van der Waals surface area (Å²) in [5.41, 5.74) is 0. The number of rotatable bonds is 5. The van der Waals surface area contributed by atoms with Crippen molar-refractivity contribution in [3.63, 3.8) is 0 Å². The lowest BCUT2D eigenvalue weighted by atomic mass is 10.4. The third kappa shape index (κ3) is 4.64. The molecule has 15 heavy (non-hydrogen) atoms. The van der Waals surface area contributed by atoms with Crippen LogP contribution in [0.15, 0.2) is 6.07 Å². The Balaban J connectivity index is 2.40. The van der Waals surface area contributed by atoms with Crippen molar-refractivity contribution in [2.45, 2.75) is 6.42 Å². The lowest BCUT2D eigenvalue weighted by Gasteiger charge is -2.10. The molecule has 6 heteroatoms. The van der Waals surface area contributed by atoms with Gasteiger partial charge in [0.05, 0.1) is 6.61 Å². The molecule has 0 radical (unpaired) electrons. The van der Waals surface area contributed by atoms with Gasteiger partial charge in [-0.1, -0.05) is 23.2 Å². The Labute approximate surface area is 99.1 Å². The maximum atomic E-state index is 5.77. The smallest absolute Gasteiger partial charge is 0.193 e. The monoisotopic (exact) mass is 249 g/mol. The molecule has 1 aromatic heterocycles. The molecule has 1 aromatic rings. The van der Waals surface area contributed by atoms with E-state index in [9.17, 15) is 0 Å². The number of aromatic nitrogens is 2. The Morgan fingerprint density at radius 1 is 1.33 bits per heavy atom. The van der Waals surface area contributed by atoms with Crippen molar-refractivity contribution in [2.24, 2.45) is 0 Å². The molecule has 0 aliphatic heterocycles. The second kappa shape index (κ2) is 6.10. The summed E-state index contributed by atoms with van der Waals surface area (Å²) >= 11 is 11.4. The van der Waals surface area contributed by atoms with E-state index in [0.29, 0.717) is 12.4 Å². The van der Waals surface area contributed by atoms with Gasteiger partial charge in [0, 0.05) is 12.6 Å². The quantitative estimate of drug-likeness (QED) is 0.750. The Kier molecular flexibility index (Phi) is 5.08. The van der Waals surface area contributed by atoms with Crippen molar-refractivity contribution in [1.29, 1.82) is 0 Å². The highest BCUT2D eigenvalue weighted by Crippen LogP contribution is 2.23. The molecule has 0 N–H and O–H groups in total. The van der Waals surface area contributed by atoms with Crippen LogP contribution in [0.25, 0.3) is 0 Å². The molecular weight excluding hydrogens is 237 g/mol. The molecule has 0 saturated heterocycles. The summed E-state index contributed by atoms with van der Waals surface area (Å²) in [4.78, 5) is 2.09. The van der Waals surface area contributed by atoms with E-state index in [1.807, 2.05) is 14.1 Å². The Morgan fingerprint density at radius 2 is 2.07 bits per heavy atom. The standard InChI is InChI=1S/C9H13Cl2N3O/c1-14(2)4-3-5-15-7-6-8(10)12-13-9(7)11/h6H,3-5H2,1-2H3. The van der Waals surface area contributed by atoms with E-state index in [2.05, 4.69) is 15.1 Å². The van der Waals surface area contributed by atoms with Crippen molar-refractivity contribution in [3.05, 3.63) is 16.4 Å². The van der Waals surface area contributed by atoms with Crippen LogP contribution in [0.1, 0.15) is 6.42 Å². The van der Waals surface area contributed by atoms with Crippen LogP contribution < -0.4 is 4.74 Å². The van der Waals surface area contributed by atoms with Crippen LogP contribution in [0.4, 0.5) is 0 Å². The summed E-state index contributed by atoms with van der Waals surface area (Å²) in [7, 11) is 4.02. The number of nitrogens with zero attached hydrogens (tertiary/aromatic N) is 3. The van der Waals surface area contributed by atoms with Crippen LogP contribution in [0.5, 0.6) is 5.75 Å². The van der Waals surface area contributed by atoms with Crippen LogP contribution in [-0.4, -0.2) is 42.3 Å². The van der Waals surface area contributed by atoms with Gasteiger partial charge in [-0.05, 0) is 20.5 Å². The number of halogens is 2. The molecule has 0 atom stereocenters. The van der Waals surface area contributed by atoms with Crippen molar-refractivity contribution in [1.82, 2.24) is 15.1 Å². The Morgan fingerprint density at radius 3 is 2.73 bits per heavy atom. The van der Waals surface area contributed by atoms with E-state index in [1.54, 1.807) is 6.07 Å². The zero-order valence-corrected chi connectivity index (χ0v) is 10.2. The molecule has 0 aliphatic carbocycles. The first-order valence-corrected chi connectivity index (χ1v) is 5.31. The normalized spacial score (nSPS) is 10.7. The fraction of sp³-hybridized carbons (Fsp3) is 0.556. The highest BCUT2D eigenvalue weighted by atomic mass is 35.5. The van der Waals surface area contributed by atoms with Crippen LogP contribution in [0.2, 0.25) is 10.3 Å². The zero-order chi connectivity index (χ0) is 11.3. The van der Waals surface area contributed by atoms with E-state index in [0.717, 1.165) is 13.0 Å². The highest BCUT2D eigenvalue weighted by Gasteiger charge is 2.04. The topological polar surface area (TPSA) is 38.2 Å². The average Bonchev–Trinajstić information content (AvgIpc) is 2.17. The van der Waals surface area contributed by atoms with Crippen molar-refractivity contribution < 1.29 is 4.74 Å². The van der Waals surface area contributed by atoms with E-state index >= 15 is 0 Å². The molecule has 0 aromatic carbocycles. The van der Waals surface area contributed by atoms with Crippen molar-refractivity contribution >= 4 is 23.2 Å². The van der Waals surface area contributed by atoms with Gasteiger partial charge in [0.1, 0.15) is 0 Å². The number of hydrogen-bond acceptors (Lipinski definition) is 4. The zero-order valence-electron chi connectivity index (χ0n) is 8.70. The fourth-order valence-corrected chi connectivity index (χ4v) is 1.29. The molecule has 0 bridgehead atoms. The minimum absolute atomic E-state index is 0.240. The van der Waals surface area contributed by atoms with Gasteiger partial charge >= 0.3 is 0 Å². The third-order valence-electron chi connectivity index (χ3n) is 1.69. The highest BCUT2D eigenvalue weighted by molar-refractivity contribution is 6.32. The summed E-state index contributed by atoms with van der Waals surface area (Å²) in [5, 5.41) is 7.75. The largest absolute Gasteiger partial charge is 0.490 e. The third-order valence-corrected chi connectivity index (χ3v) is 2.14. The first-order chi connectivity index (χ1) is 7.09. The molecule has 1 heterocycles. The van der Waals surface area contributed by atoms with E-state index in [-0.39, 0.29) is 10.3 Å². The van der Waals surface area contributed by atoms with Gasteiger partial charge < -0.3 is 9.64 Å². The van der Waals surface area contributed by atoms with Gasteiger partial charge in [-0.15, -0.1) is 10.2 Å². The summed E-state index contributed by atoms with van der Waals surface area (Å²) in [6.45, 7) is 1.55. The molecule has 0 fully saturated rings.